The zero-order valence-corrected chi connectivity index (χ0v) is 15.0. The van der Waals surface area contributed by atoms with Crippen LogP contribution in [0.15, 0.2) is 60.8 Å². The highest BCUT2D eigenvalue weighted by Gasteiger charge is 2.09. The molecule has 5 nitrogen and oxygen atoms in total. The Hall–Kier alpha value is -3.21. The van der Waals surface area contributed by atoms with Crippen molar-refractivity contribution in [3.63, 3.8) is 0 Å². The predicted molar refractivity (Wildman–Crippen MR) is 103 cm³/mol. The molecule has 5 heteroatoms. The summed E-state index contributed by atoms with van der Waals surface area (Å²) < 4.78 is 0. The highest BCUT2D eigenvalue weighted by Crippen LogP contribution is 2.19. The molecule has 0 bridgehead atoms. The van der Waals surface area contributed by atoms with Crippen LogP contribution < -0.4 is 10.6 Å². The molecular weight excluding hydrogens is 324 g/mol. The fraction of sp³-hybridized carbons (Fsp3) is 0.190. The van der Waals surface area contributed by atoms with E-state index < -0.39 is 0 Å². The van der Waals surface area contributed by atoms with Gasteiger partial charge in [0, 0.05) is 18.4 Å². The molecule has 1 aromatic heterocycles. The molecule has 26 heavy (non-hydrogen) atoms. The van der Waals surface area contributed by atoms with Gasteiger partial charge in [0.1, 0.15) is 5.69 Å². The summed E-state index contributed by atoms with van der Waals surface area (Å²) in [5.74, 6) is 0.190. The molecule has 0 aliphatic rings. The molecule has 0 saturated carbocycles. The zero-order chi connectivity index (χ0) is 18.4. The van der Waals surface area contributed by atoms with E-state index in [0.717, 1.165) is 17.7 Å². The Balaban J connectivity index is 1.69. The third-order valence-electron chi connectivity index (χ3n) is 4.07. The number of nitrogens with one attached hydrogen (secondary N) is 2. The fourth-order valence-electron chi connectivity index (χ4n) is 2.71. The van der Waals surface area contributed by atoms with Crippen molar-refractivity contribution in [3.05, 3.63) is 83.2 Å². The van der Waals surface area contributed by atoms with Crippen molar-refractivity contribution in [1.29, 1.82) is 0 Å². The smallest absolute Gasteiger partial charge is 0.270 e. The summed E-state index contributed by atoms with van der Waals surface area (Å²) in [7, 11) is 0. The van der Waals surface area contributed by atoms with Gasteiger partial charge in [0.2, 0.25) is 5.95 Å². The number of carbonyl (C=O) groups is 1. The highest BCUT2D eigenvalue weighted by atomic mass is 16.1. The predicted octanol–water partition coefficient (Wildman–Crippen LogP) is 4.02. The second kappa shape index (κ2) is 8.25. The Labute approximate surface area is 153 Å². The van der Waals surface area contributed by atoms with E-state index in [4.69, 9.17) is 0 Å². The number of benzene rings is 2. The summed E-state index contributed by atoms with van der Waals surface area (Å²) in [5, 5.41) is 6.10. The molecule has 1 amide bonds. The summed E-state index contributed by atoms with van der Waals surface area (Å²) >= 11 is 0. The fourth-order valence-corrected chi connectivity index (χ4v) is 2.71. The Morgan fingerprint density at radius 3 is 2.73 bits per heavy atom. The van der Waals surface area contributed by atoms with Crippen LogP contribution in [0.1, 0.15) is 34.1 Å². The maximum Gasteiger partial charge on any atom is 0.270 e. The van der Waals surface area contributed by atoms with Gasteiger partial charge in [0.05, 0.1) is 0 Å². The van der Waals surface area contributed by atoms with E-state index in [1.54, 1.807) is 12.3 Å². The summed E-state index contributed by atoms with van der Waals surface area (Å²) in [6.45, 7) is 4.59. The number of para-hydroxylation sites is 1. The number of nitrogens with zero attached hydrogens (tertiary/aromatic N) is 2. The van der Waals surface area contributed by atoms with Gasteiger partial charge in [-0.3, -0.25) is 4.79 Å². The molecule has 0 atom stereocenters. The number of hydrogen-bond donors (Lipinski definition) is 2. The lowest BCUT2D eigenvalue weighted by molar-refractivity contribution is 0.0946. The van der Waals surface area contributed by atoms with Crippen molar-refractivity contribution in [1.82, 2.24) is 15.3 Å². The molecule has 0 fully saturated rings. The molecule has 0 unspecified atom stereocenters. The van der Waals surface area contributed by atoms with E-state index in [1.807, 2.05) is 43.3 Å². The minimum absolute atomic E-state index is 0.222. The molecule has 2 aromatic carbocycles. The molecule has 1 heterocycles. The number of aromatic nitrogens is 2. The van der Waals surface area contributed by atoms with Gasteiger partial charge >= 0.3 is 0 Å². The Morgan fingerprint density at radius 2 is 1.92 bits per heavy atom. The maximum atomic E-state index is 12.4. The van der Waals surface area contributed by atoms with Crippen molar-refractivity contribution < 1.29 is 4.79 Å². The molecular formula is C21H22N4O. The molecule has 0 aliphatic heterocycles. The quantitative estimate of drug-likeness (QED) is 0.707. The number of amides is 1. The van der Waals surface area contributed by atoms with Gasteiger partial charge in [0.25, 0.3) is 5.91 Å². The molecule has 0 radical (unpaired) electrons. The van der Waals surface area contributed by atoms with Crippen LogP contribution in [-0.4, -0.2) is 15.9 Å². The molecule has 0 aliphatic carbocycles. The normalized spacial score (nSPS) is 10.4. The topological polar surface area (TPSA) is 66.9 Å². The van der Waals surface area contributed by atoms with E-state index in [1.165, 1.54) is 11.1 Å². The summed E-state index contributed by atoms with van der Waals surface area (Å²) in [4.78, 5) is 21.0. The number of aryl methyl sites for hydroxylation is 2. The molecule has 0 saturated heterocycles. The number of rotatable bonds is 6. The zero-order valence-electron chi connectivity index (χ0n) is 15.0. The summed E-state index contributed by atoms with van der Waals surface area (Å²) in [5.41, 5.74) is 4.68. The van der Waals surface area contributed by atoms with Gasteiger partial charge < -0.3 is 10.6 Å². The van der Waals surface area contributed by atoms with Crippen molar-refractivity contribution in [2.75, 3.05) is 5.32 Å². The van der Waals surface area contributed by atoms with Crippen molar-refractivity contribution >= 4 is 17.5 Å². The van der Waals surface area contributed by atoms with Crippen molar-refractivity contribution in [2.45, 2.75) is 26.8 Å². The van der Waals surface area contributed by atoms with Gasteiger partial charge in [-0.15, -0.1) is 0 Å². The SMILES string of the molecule is CCc1ccccc1Nc1nccc(C(=O)NCc2cccc(C)c2)n1. The summed E-state index contributed by atoms with van der Waals surface area (Å²) in [6, 6.07) is 17.7. The Morgan fingerprint density at radius 1 is 1.08 bits per heavy atom. The monoisotopic (exact) mass is 346 g/mol. The largest absolute Gasteiger partial charge is 0.347 e. The van der Waals surface area contributed by atoms with Crippen LogP contribution in [0.5, 0.6) is 0 Å². The van der Waals surface area contributed by atoms with Crippen molar-refractivity contribution in [2.24, 2.45) is 0 Å². The van der Waals surface area contributed by atoms with Crippen LogP contribution >= 0.6 is 0 Å². The standard InChI is InChI=1S/C21H22N4O/c1-3-17-9-4-5-10-18(17)24-21-22-12-11-19(25-21)20(26)23-14-16-8-6-7-15(2)13-16/h4-13H,3,14H2,1-2H3,(H,23,26)(H,22,24,25). The van der Waals surface area contributed by atoms with Crippen LogP contribution in [0.4, 0.5) is 11.6 Å². The lowest BCUT2D eigenvalue weighted by Gasteiger charge is -2.10. The third kappa shape index (κ3) is 4.45. The lowest BCUT2D eigenvalue weighted by Crippen LogP contribution is -2.24. The molecule has 132 valence electrons. The highest BCUT2D eigenvalue weighted by molar-refractivity contribution is 5.92. The number of anilines is 2. The summed E-state index contributed by atoms with van der Waals surface area (Å²) in [6.07, 6.45) is 2.49. The van der Waals surface area contributed by atoms with Crippen molar-refractivity contribution in [3.8, 4) is 0 Å². The van der Waals surface area contributed by atoms with Crippen LogP contribution in [0.25, 0.3) is 0 Å². The van der Waals surface area contributed by atoms with Gasteiger partial charge in [0.15, 0.2) is 0 Å². The molecule has 2 N–H and O–H groups in total. The van der Waals surface area contributed by atoms with Gasteiger partial charge in [-0.1, -0.05) is 55.0 Å². The molecule has 0 spiro atoms. The van der Waals surface area contributed by atoms with Crippen LogP contribution in [-0.2, 0) is 13.0 Å². The average Bonchev–Trinajstić information content (AvgIpc) is 2.67. The van der Waals surface area contributed by atoms with E-state index >= 15 is 0 Å². The minimum atomic E-state index is -0.222. The van der Waals surface area contributed by atoms with Crippen LogP contribution in [0.2, 0.25) is 0 Å². The van der Waals surface area contributed by atoms with E-state index in [9.17, 15) is 4.79 Å². The van der Waals surface area contributed by atoms with E-state index in [0.29, 0.717) is 18.2 Å². The van der Waals surface area contributed by atoms with Gasteiger partial charge in [-0.2, -0.15) is 0 Å². The first-order chi connectivity index (χ1) is 12.7. The first-order valence-corrected chi connectivity index (χ1v) is 8.67. The van der Waals surface area contributed by atoms with E-state index in [-0.39, 0.29) is 5.91 Å². The van der Waals surface area contributed by atoms with Crippen LogP contribution in [0.3, 0.4) is 0 Å². The van der Waals surface area contributed by atoms with E-state index in [2.05, 4.69) is 39.7 Å². The average molecular weight is 346 g/mol. The van der Waals surface area contributed by atoms with Crippen LogP contribution in [0, 0.1) is 6.92 Å². The van der Waals surface area contributed by atoms with Gasteiger partial charge in [-0.25, -0.2) is 9.97 Å². The Kier molecular flexibility index (Phi) is 5.59. The second-order valence-electron chi connectivity index (χ2n) is 6.07. The number of hydrogen-bond acceptors (Lipinski definition) is 4. The third-order valence-corrected chi connectivity index (χ3v) is 4.07. The lowest BCUT2D eigenvalue weighted by atomic mass is 10.1. The molecule has 3 rings (SSSR count). The second-order valence-corrected chi connectivity index (χ2v) is 6.07. The Bertz CT molecular complexity index is 908. The maximum absolute atomic E-state index is 12.4. The number of carbonyl (C=O) groups excluding carboxylic acids is 1. The minimum Gasteiger partial charge on any atom is -0.347 e. The molecule has 3 aromatic rings. The first-order valence-electron chi connectivity index (χ1n) is 8.67. The first kappa shape index (κ1) is 17.6. The van der Waals surface area contributed by atoms with Gasteiger partial charge in [-0.05, 0) is 36.6 Å².